The molecule has 5 rings (SSSR count). The average molecular weight is 396 g/mol. The molecule has 0 unspecified atom stereocenters. The third kappa shape index (κ3) is 4.25. The number of ether oxygens (including phenoxy) is 1. The molecule has 1 aliphatic rings. The number of para-hydroxylation sites is 1. The fourth-order valence-electron chi connectivity index (χ4n) is 4.12. The van der Waals surface area contributed by atoms with E-state index in [0.717, 1.165) is 43.9 Å². The van der Waals surface area contributed by atoms with Crippen molar-refractivity contribution in [2.45, 2.75) is 19.1 Å². The Hall–Kier alpha value is -3.08. The molecule has 150 valence electrons. The number of nitrogens with zero attached hydrogens (tertiary/aromatic N) is 3. The summed E-state index contributed by atoms with van der Waals surface area (Å²) in [4.78, 5) is 11.7. The van der Waals surface area contributed by atoms with Crippen LogP contribution in [0.25, 0.3) is 10.9 Å². The van der Waals surface area contributed by atoms with Crippen molar-refractivity contribution in [3.63, 3.8) is 0 Å². The first-order valence-electron chi connectivity index (χ1n) is 10.5. The summed E-state index contributed by atoms with van der Waals surface area (Å²) >= 11 is 0. The number of morpholine rings is 1. The Morgan fingerprint density at radius 3 is 2.60 bits per heavy atom. The standard InChI is InChI=1S/C26H25N3O/c1-2-6-20(7-3-1)16-21-10-11-25(28-17-21)26-19-29(14-15-30-26)18-22-12-13-27-24-9-5-4-8-23(22)24/h1-13,17,26H,14-16,18-19H2/t26-/m0/s1. The molecule has 2 aromatic carbocycles. The van der Waals surface area contributed by atoms with Gasteiger partial charge in [-0.2, -0.15) is 0 Å². The zero-order valence-corrected chi connectivity index (χ0v) is 16.9. The highest BCUT2D eigenvalue weighted by molar-refractivity contribution is 5.81. The highest BCUT2D eigenvalue weighted by Gasteiger charge is 2.23. The Morgan fingerprint density at radius 1 is 0.867 bits per heavy atom. The minimum absolute atomic E-state index is 0.0117. The number of aromatic nitrogens is 2. The van der Waals surface area contributed by atoms with E-state index < -0.39 is 0 Å². The number of hydrogen-bond acceptors (Lipinski definition) is 4. The summed E-state index contributed by atoms with van der Waals surface area (Å²) in [7, 11) is 0. The highest BCUT2D eigenvalue weighted by atomic mass is 16.5. The lowest BCUT2D eigenvalue weighted by Gasteiger charge is -2.33. The smallest absolute Gasteiger partial charge is 0.112 e. The minimum Gasteiger partial charge on any atom is -0.369 e. The molecule has 3 heterocycles. The van der Waals surface area contributed by atoms with Gasteiger partial charge >= 0.3 is 0 Å². The molecule has 1 atom stereocenters. The minimum atomic E-state index is 0.0117. The van der Waals surface area contributed by atoms with Crippen molar-refractivity contribution in [3.8, 4) is 0 Å². The molecule has 1 saturated heterocycles. The zero-order chi connectivity index (χ0) is 20.2. The van der Waals surface area contributed by atoms with E-state index >= 15 is 0 Å². The Morgan fingerprint density at radius 2 is 1.73 bits per heavy atom. The molecule has 4 nitrogen and oxygen atoms in total. The molecule has 0 amide bonds. The molecule has 0 aliphatic carbocycles. The predicted octanol–water partition coefficient (Wildman–Crippen LogP) is 4.79. The summed E-state index contributed by atoms with van der Waals surface area (Å²) in [5.41, 5.74) is 5.90. The first kappa shape index (κ1) is 18.9. The fourth-order valence-corrected chi connectivity index (χ4v) is 4.12. The van der Waals surface area contributed by atoms with Gasteiger partial charge in [0, 0.05) is 37.4 Å². The molecule has 4 heteroatoms. The van der Waals surface area contributed by atoms with E-state index in [-0.39, 0.29) is 6.10 Å². The van der Waals surface area contributed by atoms with E-state index in [1.165, 1.54) is 22.1 Å². The van der Waals surface area contributed by atoms with Gasteiger partial charge in [0.1, 0.15) is 6.10 Å². The summed E-state index contributed by atoms with van der Waals surface area (Å²) < 4.78 is 6.06. The van der Waals surface area contributed by atoms with Crippen LogP contribution >= 0.6 is 0 Å². The van der Waals surface area contributed by atoms with Crippen molar-refractivity contribution in [2.75, 3.05) is 19.7 Å². The highest BCUT2D eigenvalue weighted by Crippen LogP contribution is 2.24. The van der Waals surface area contributed by atoms with Gasteiger partial charge in [0.2, 0.25) is 0 Å². The number of hydrogen-bond donors (Lipinski definition) is 0. The lowest BCUT2D eigenvalue weighted by atomic mass is 10.1. The van der Waals surface area contributed by atoms with Gasteiger partial charge in [0.25, 0.3) is 0 Å². The van der Waals surface area contributed by atoms with Gasteiger partial charge in [0.05, 0.1) is 17.8 Å². The molecule has 0 saturated carbocycles. The van der Waals surface area contributed by atoms with Crippen LogP contribution < -0.4 is 0 Å². The van der Waals surface area contributed by atoms with Crippen LogP contribution in [0, 0.1) is 0 Å². The van der Waals surface area contributed by atoms with Crippen LogP contribution in [0.4, 0.5) is 0 Å². The van der Waals surface area contributed by atoms with Crippen LogP contribution in [0.15, 0.2) is 85.2 Å². The average Bonchev–Trinajstić information content (AvgIpc) is 2.81. The van der Waals surface area contributed by atoms with Crippen LogP contribution in [0.3, 0.4) is 0 Å². The molecular weight excluding hydrogens is 370 g/mol. The van der Waals surface area contributed by atoms with Gasteiger partial charge in [-0.05, 0) is 41.3 Å². The number of benzene rings is 2. The van der Waals surface area contributed by atoms with Crippen molar-refractivity contribution in [2.24, 2.45) is 0 Å². The maximum Gasteiger partial charge on any atom is 0.112 e. The fraction of sp³-hybridized carbons (Fsp3) is 0.231. The summed E-state index contributed by atoms with van der Waals surface area (Å²) in [5, 5.41) is 1.23. The van der Waals surface area contributed by atoms with Crippen LogP contribution in [0.2, 0.25) is 0 Å². The monoisotopic (exact) mass is 395 g/mol. The quantitative estimate of drug-likeness (QED) is 0.487. The van der Waals surface area contributed by atoms with Gasteiger partial charge in [-0.1, -0.05) is 54.6 Å². The summed E-state index contributed by atoms with van der Waals surface area (Å²) in [5.74, 6) is 0. The first-order valence-corrected chi connectivity index (χ1v) is 10.5. The van der Waals surface area contributed by atoms with Crippen molar-refractivity contribution >= 4 is 10.9 Å². The van der Waals surface area contributed by atoms with E-state index in [0.29, 0.717) is 0 Å². The van der Waals surface area contributed by atoms with Gasteiger partial charge in [-0.25, -0.2) is 0 Å². The number of pyridine rings is 2. The topological polar surface area (TPSA) is 38.2 Å². The Labute approximate surface area is 177 Å². The van der Waals surface area contributed by atoms with Gasteiger partial charge in [-0.3, -0.25) is 14.9 Å². The second kappa shape index (κ2) is 8.74. The van der Waals surface area contributed by atoms with Crippen molar-refractivity contribution in [1.29, 1.82) is 0 Å². The molecule has 0 radical (unpaired) electrons. The molecule has 1 aliphatic heterocycles. The van der Waals surface area contributed by atoms with Crippen molar-refractivity contribution in [3.05, 3.63) is 108 Å². The summed E-state index contributed by atoms with van der Waals surface area (Å²) in [6.45, 7) is 3.40. The van der Waals surface area contributed by atoms with Crippen LogP contribution in [-0.2, 0) is 17.7 Å². The Kier molecular flexibility index (Phi) is 5.51. The maximum atomic E-state index is 6.06. The Bertz CT molecular complexity index is 1110. The van der Waals surface area contributed by atoms with Crippen molar-refractivity contribution < 1.29 is 4.74 Å². The lowest BCUT2D eigenvalue weighted by molar-refractivity contribution is -0.0348. The second-order valence-electron chi connectivity index (χ2n) is 7.84. The van der Waals surface area contributed by atoms with Crippen LogP contribution in [0.5, 0.6) is 0 Å². The van der Waals surface area contributed by atoms with Crippen molar-refractivity contribution in [1.82, 2.24) is 14.9 Å². The molecule has 0 N–H and O–H groups in total. The summed E-state index contributed by atoms with van der Waals surface area (Å²) in [6, 6.07) is 25.3. The van der Waals surface area contributed by atoms with Gasteiger partial charge in [0.15, 0.2) is 0 Å². The molecular formula is C26H25N3O. The second-order valence-corrected chi connectivity index (χ2v) is 7.84. The van der Waals surface area contributed by atoms with Gasteiger partial charge in [-0.15, -0.1) is 0 Å². The van der Waals surface area contributed by atoms with Crippen LogP contribution in [-0.4, -0.2) is 34.6 Å². The zero-order valence-electron chi connectivity index (χ0n) is 16.9. The predicted molar refractivity (Wildman–Crippen MR) is 119 cm³/mol. The van der Waals surface area contributed by atoms with E-state index in [4.69, 9.17) is 9.72 Å². The first-order chi connectivity index (χ1) is 14.8. The maximum absolute atomic E-state index is 6.06. The molecule has 0 bridgehead atoms. The lowest BCUT2D eigenvalue weighted by Crippen LogP contribution is -2.38. The molecule has 30 heavy (non-hydrogen) atoms. The van der Waals surface area contributed by atoms with E-state index in [2.05, 4.69) is 70.5 Å². The van der Waals surface area contributed by atoms with E-state index in [1.54, 1.807) is 0 Å². The van der Waals surface area contributed by atoms with E-state index in [1.807, 2.05) is 24.5 Å². The van der Waals surface area contributed by atoms with Gasteiger partial charge < -0.3 is 4.74 Å². The largest absolute Gasteiger partial charge is 0.369 e. The Balaban J connectivity index is 1.27. The van der Waals surface area contributed by atoms with E-state index in [9.17, 15) is 0 Å². The molecule has 4 aromatic rings. The third-order valence-corrected chi connectivity index (χ3v) is 5.71. The number of rotatable bonds is 5. The van der Waals surface area contributed by atoms with Crippen LogP contribution in [0.1, 0.15) is 28.5 Å². The summed E-state index contributed by atoms with van der Waals surface area (Å²) in [6.07, 6.45) is 4.81. The normalized spacial score (nSPS) is 17.3. The third-order valence-electron chi connectivity index (χ3n) is 5.71. The SMILES string of the molecule is c1ccc(Cc2ccc([C@@H]3CN(Cc4ccnc5ccccc45)CCO3)nc2)cc1. The molecule has 2 aromatic heterocycles. The number of fused-ring (bicyclic) bond motifs is 1. The molecule has 1 fully saturated rings. The molecule has 0 spiro atoms.